The third-order valence-corrected chi connectivity index (χ3v) is 6.85. The highest BCUT2D eigenvalue weighted by Gasteiger charge is 2.42. The van der Waals surface area contributed by atoms with Crippen molar-refractivity contribution in [1.29, 1.82) is 0 Å². The monoisotopic (exact) mass is 529 g/mol. The fourth-order valence-electron chi connectivity index (χ4n) is 4.82. The highest BCUT2D eigenvalue weighted by Crippen LogP contribution is 2.38. The van der Waals surface area contributed by atoms with Crippen molar-refractivity contribution < 1.29 is 33.0 Å². The fraction of sp³-hybridized carbons (Fsp3) is 0.161. The van der Waals surface area contributed by atoms with Crippen LogP contribution < -0.4 is 10.1 Å². The molecule has 0 spiro atoms. The van der Waals surface area contributed by atoms with E-state index >= 15 is 8.78 Å². The van der Waals surface area contributed by atoms with Gasteiger partial charge in [-0.25, -0.2) is 18.4 Å². The number of carboxylic acids is 1. The predicted octanol–water partition coefficient (Wildman–Crippen LogP) is 6.34. The van der Waals surface area contributed by atoms with Gasteiger partial charge in [0.05, 0.1) is 5.56 Å². The maximum absolute atomic E-state index is 15.1. The van der Waals surface area contributed by atoms with Crippen LogP contribution in [0.3, 0.4) is 0 Å². The molecule has 1 atom stereocenters. The standard InChI is InChI=1S/C31H25F2NO5/c1-31(29(35)36,28-26(32)15-22(16-27(28)33)38-17-19-8-3-2-4-9-19)34-30(37)39-18-21-11-7-13-24-23-12-6-5-10-20(23)14-25(21)24/h2-13,15-16H,14,17-18H2,1H3,(H,34,37)(H,35,36)/t31-/m0/s1. The van der Waals surface area contributed by atoms with Crippen LogP contribution in [0, 0.1) is 11.6 Å². The maximum Gasteiger partial charge on any atom is 0.408 e. The highest BCUT2D eigenvalue weighted by atomic mass is 19.1. The molecule has 0 aromatic heterocycles. The van der Waals surface area contributed by atoms with Crippen molar-refractivity contribution in [2.75, 3.05) is 0 Å². The van der Waals surface area contributed by atoms with Crippen molar-refractivity contribution in [2.45, 2.75) is 32.1 Å². The van der Waals surface area contributed by atoms with Gasteiger partial charge in [-0.2, -0.15) is 0 Å². The second kappa shape index (κ2) is 10.6. The van der Waals surface area contributed by atoms with Gasteiger partial charge >= 0.3 is 12.1 Å². The number of ether oxygens (including phenoxy) is 2. The number of benzene rings is 4. The Kier molecular flexibility index (Phi) is 7.02. The van der Waals surface area contributed by atoms with Gasteiger partial charge in [0.25, 0.3) is 0 Å². The molecule has 1 amide bonds. The number of rotatable bonds is 8. The lowest BCUT2D eigenvalue weighted by Crippen LogP contribution is -2.50. The zero-order valence-electron chi connectivity index (χ0n) is 21.0. The SMILES string of the molecule is C[C@@](NC(=O)OCc1cccc2c1Cc1ccccc1-2)(C(=O)O)c1c(F)cc(OCc2ccccc2)cc1F. The summed E-state index contributed by atoms with van der Waals surface area (Å²) >= 11 is 0. The summed E-state index contributed by atoms with van der Waals surface area (Å²) < 4.78 is 41.0. The largest absolute Gasteiger partial charge is 0.489 e. The van der Waals surface area contributed by atoms with Crippen molar-refractivity contribution in [3.05, 3.63) is 124 Å². The lowest BCUT2D eigenvalue weighted by molar-refractivity contribution is -0.144. The van der Waals surface area contributed by atoms with Crippen molar-refractivity contribution in [2.24, 2.45) is 0 Å². The van der Waals surface area contributed by atoms with E-state index < -0.39 is 34.8 Å². The molecule has 4 aromatic carbocycles. The lowest BCUT2D eigenvalue weighted by Gasteiger charge is -2.27. The second-order valence-electron chi connectivity index (χ2n) is 9.44. The number of carbonyl (C=O) groups is 2. The van der Waals surface area contributed by atoms with Gasteiger partial charge in [0.2, 0.25) is 0 Å². The first kappa shape index (κ1) is 25.9. The van der Waals surface area contributed by atoms with Crippen LogP contribution in [0.5, 0.6) is 5.75 Å². The van der Waals surface area contributed by atoms with Crippen molar-refractivity contribution in [3.63, 3.8) is 0 Å². The topological polar surface area (TPSA) is 84.9 Å². The number of alkyl carbamates (subject to hydrolysis) is 1. The van der Waals surface area contributed by atoms with E-state index in [1.54, 1.807) is 24.3 Å². The molecular formula is C31H25F2NO5. The van der Waals surface area contributed by atoms with Crippen LogP contribution in [0.15, 0.2) is 84.9 Å². The molecule has 0 aliphatic heterocycles. The number of carboxylic acid groups (broad SMARTS) is 1. The minimum atomic E-state index is -2.45. The summed E-state index contributed by atoms with van der Waals surface area (Å²) in [6, 6.07) is 24.4. The molecule has 0 radical (unpaired) electrons. The Morgan fingerprint density at radius 3 is 2.28 bits per heavy atom. The van der Waals surface area contributed by atoms with E-state index in [4.69, 9.17) is 9.47 Å². The van der Waals surface area contributed by atoms with Gasteiger partial charge in [-0.1, -0.05) is 72.8 Å². The number of fused-ring (bicyclic) bond motifs is 3. The summed E-state index contributed by atoms with van der Waals surface area (Å²) in [5.74, 6) is -4.14. The summed E-state index contributed by atoms with van der Waals surface area (Å²) in [4.78, 5) is 24.9. The van der Waals surface area contributed by atoms with E-state index in [2.05, 4.69) is 5.32 Å². The van der Waals surface area contributed by atoms with Gasteiger partial charge in [0.15, 0.2) is 5.54 Å². The molecule has 198 valence electrons. The molecule has 8 heteroatoms. The van der Waals surface area contributed by atoms with E-state index in [1.807, 2.05) is 48.5 Å². The number of amides is 1. The van der Waals surface area contributed by atoms with Gasteiger partial charge in [0, 0.05) is 12.1 Å². The first-order valence-corrected chi connectivity index (χ1v) is 12.3. The Bertz CT molecular complexity index is 1530. The Labute approximate surface area is 223 Å². The predicted molar refractivity (Wildman–Crippen MR) is 140 cm³/mol. The van der Waals surface area contributed by atoms with E-state index in [-0.39, 0.29) is 19.0 Å². The molecule has 0 saturated carbocycles. The third kappa shape index (κ3) is 5.18. The first-order valence-electron chi connectivity index (χ1n) is 12.3. The average Bonchev–Trinajstić information content (AvgIpc) is 3.30. The van der Waals surface area contributed by atoms with Crippen LogP contribution >= 0.6 is 0 Å². The molecule has 0 bridgehead atoms. The first-order chi connectivity index (χ1) is 18.8. The van der Waals surface area contributed by atoms with E-state index in [0.29, 0.717) is 6.42 Å². The Morgan fingerprint density at radius 1 is 0.897 bits per heavy atom. The van der Waals surface area contributed by atoms with Gasteiger partial charge in [-0.05, 0) is 46.7 Å². The fourth-order valence-corrected chi connectivity index (χ4v) is 4.82. The molecule has 39 heavy (non-hydrogen) atoms. The van der Waals surface area contributed by atoms with Crippen LogP contribution in [0.4, 0.5) is 13.6 Å². The number of hydrogen-bond acceptors (Lipinski definition) is 4. The lowest BCUT2D eigenvalue weighted by atomic mass is 9.91. The van der Waals surface area contributed by atoms with E-state index in [1.165, 1.54) is 0 Å². The minimum absolute atomic E-state index is 0.0636. The number of nitrogens with one attached hydrogen (secondary N) is 1. The quantitative estimate of drug-likeness (QED) is 0.245. The average molecular weight is 530 g/mol. The summed E-state index contributed by atoms with van der Waals surface area (Å²) in [5, 5.41) is 12.0. The summed E-state index contributed by atoms with van der Waals surface area (Å²) in [6.07, 6.45) is -0.453. The number of carbonyl (C=O) groups excluding carboxylic acids is 1. The Morgan fingerprint density at radius 2 is 1.56 bits per heavy atom. The van der Waals surface area contributed by atoms with Crippen LogP contribution in [0.2, 0.25) is 0 Å². The molecule has 0 unspecified atom stereocenters. The molecule has 0 heterocycles. The molecule has 0 saturated heterocycles. The number of halogens is 2. The van der Waals surface area contributed by atoms with Crippen LogP contribution in [-0.2, 0) is 34.7 Å². The zero-order chi connectivity index (χ0) is 27.6. The van der Waals surface area contributed by atoms with Gasteiger partial charge in [0.1, 0.15) is 30.6 Å². The normalized spacial score (nSPS) is 13.1. The Balaban J connectivity index is 1.30. The molecule has 2 N–H and O–H groups in total. The number of hydrogen-bond donors (Lipinski definition) is 2. The smallest absolute Gasteiger partial charge is 0.408 e. The second-order valence-corrected chi connectivity index (χ2v) is 9.44. The molecule has 5 rings (SSSR count). The van der Waals surface area contributed by atoms with Crippen molar-refractivity contribution >= 4 is 12.1 Å². The third-order valence-electron chi connectivity index (χ3n) is 6.85. The summed E-state index contributed by atoms with van der Waals surface area (Å²) in [6.45, 7) is 0.920. The summed E-state index contributed by atoms with van der Waals surface area (Å²) in [7, 11) is 0. The van der Waals surface area contributed by atoms with Crippen molar-refractivity contribution in [1.82, 2.24) is 5.32 Å². The highest BCUT2D eigenvalue weighted by molar-refractivity contribution is 5.85. The van der Waals surface area contributed by atoms with E-state index in [9.17, 15) is 14.7 Å². The molecule has 1 aliphatic carbocycles. The summed E-state index contributed by atoms with van der Waals surface area (Å²) in [5.41, 5.74) is 2.58. The maximum atomic E-state index is 15.1. The zero-order valence-corrected chi connectivity index (χ0v) is 21.0. The molecule has 4 aromatic rings. The van der Waals surface area contributed by atoms with Gasteiger partial charge in [-0.15, -0.1) is 0 Å². The van der Waals surface area contributed by atoms with E-state index in [0.717, 1.165) is 52.4 Å². The molecule has 1 aliphatic rings. The van der Waals surface area contributed by atoms with Crippen LogP contribution in [0.25, 0.3) is 11.1 Å². The molecule has 0 fully saturated rings. The van der Waals surface area contributed by atoms with Crippen LogP contribution in [-0.4, -0.2) is 17.2 Å². The van der Waals surface area contributed by atoms with Crippen molar-refractivity contribution in [3.8, 4) is 16.9 Å². The minimum Gasteiger partial charge on any atom is -0.489 e. The van der Waals surface area contributed by atoms with Crippen LogP contribution in [0.1, 0.15) is 34.7 Å². The number of aliphatic carboxylic acids is 1. The molecule has 6 nitrogen and oxygen atoms in total. The van der Waals surface area contributed by atoms with Gasteiger partial charge < -0.3 is 19.9 Å². The van der Waals surface area contributed by atoms with Gasteiger partial charge in [-0.3, -0.25) is 0 Å². The molecular weight excluding hydrogens is 504 g/mol. The Hall–Kier alpha value is -4.72.